The van der Waals surface area contributed by atoms with E-state index in [4.69, 9.17) is 9.47 Å². The summed E-state index contributed by atoms with van der Waals surface area (Å²) < 4.78 is 25.0. The summed E-state index contributed by atoms with van der Waals surface area (Å²) >= 11 is 1.34. The third-order valence-corrected chi connectivity index (χ3v) is 6.45. The van der Waals surface area contributed by atoms with E-state index in [9.17, 15) is 14.0 Å². The van der Waals surface area contributed by atoms with Crippen molar-refractivity contribution in [3.63, 3.8) is 0 Å². The summed E-state index contributed by atoms with van der Waals surface area (Å²) in [5, 5.41) is 7.41. The minimum Gasteiger partial charge on any atom is -0.493 e. The van der Waals surface area contributed by atoms with Crippen LogP contribution in [-0.4, -0.2) is 44.1 Å². The maximum Gasteiger partial charge on any atom is 0.322 e. The lowest BCUT2D eigenvalue weighted by molar-refractivity contribution is 0.0940. The Morgan fingerprint density at radius 1 is 1.12 bits per heavy atom. The number of benzene rings is 2. The maximum atomic E-state index is 14.1. The fourth-order valence-corrected chi connectivity index (χ4v) is 4.57. The summed E-state index contributed by atoms with van der Waals surface area (Å²) in [7, 11) is 3.11. The summed E-state index contributed by atoms with van der Waals surface area (Å²) in [4.78, 5) is 27.9. The Hall–Kier alpha value is -3.59. The van der Waals surface area contributed by atoms with E-state index in [1.807, 2.05) is 17.5 Å². The van der Waals surface area contributed by atoms with Crippen molar-refractivity contribution >= 4 is 29.0 Å². The first-order valence-electron chi connectivity index (χ1n) is 10.4. The van der Waals surface area contributed by atoms with Gasteiger partial charge in [-0.05, 0) is 53.3 Å². The van der Waals surface area contributed by atoms with Gasteiger partial charge in [-0.15, -0.1) is 11.3 Å². The van der Waals surface area contributed by atoms with Crippen LogP contribution in [0.4, 0.5) is 14.9 Å². The number of hydrogen-bond donors (Lipinski definition) is 2. The van der Waals surface area contributed by atoms with Gasteiger partial charge in [-0.1, -0.05) is 18.2 Å². The molecule has 0 fully saturated rings. The Balaban J connectivity index is 1.64. The number of urea groups is 1. The molecule has 33 heavy (non-hydrogen) atoms. The largest absolute Gasteiger partial charge is 0.493 e. The number of halogens is 1. The predicted octanol–water partition coefficient (Wildman–Crippen LogP) is 4.47. The van der Waals surface area contributed by atoms with Crippen molar-refractivity contribution in [1.29, 1.82) is 0 Å². The molecule has 0 saturated heterocycles. The highest BCUT2D eigenvalue weighted by molar-refractivity contribution is 7.12. The van der Waals surface area contributed by atoms with E-state index in [0.29, 0.717) is 29.3 Å². The third kappa shape index (κ3) is 4.78. The highest BCUT2D eigenvalue weighted by Gasteiger charge is 2.33. The summed E-state index contributed by atoms with van der Waals surface area (Å²) in [6.07, 6.45) is 0.579. The zero-order valence-electron chi connectivity index (χ0n) is 18.3. The molecule has 2 heterocycles. The second-order valence-corrected chi connectivity index (χ2v) is 8.41. The molecule has 0 radical (unpaired) electrons. The van der Waals surface area contributed by atoms with Crippen LogP contribution in [0.5, 0.6) is 11.5 Å². The number of nitrogens with one attached hydrogen (secondary N) is 2. The molecule has 172 valence electrons. The van der Waals surface area contributed by atoms with Gasteiger partial charge in [0.1, 0.15) is 5.82 Å². The third-order valence-electron chi connectivity index (χ3n) is 5.58. The molecule has 1 aromatic heterocycles. The van der Waals surface area contributed by atoms with E-state index in [2.05, 4.69) is 10.6 Å². The lowest BCUT2D eigenvalue weighted by Gasteiger charge is -2.37. The smallest absolute Gasteiger partial charge is 0.322 e. The predicted molar refractivity (Wildman–Crippen MR) is 125 cm³/mol. The summed E-state index contributed by atoms with van der Waals surface area (Å²) in [5.74, 6) is 0.397. The Kier molecular flexibility index (Phi) is 6.79. The minimum absolute atomic E-state index is 0.0991. The van der Waals surface area contributed by atoms with Crippen molar-refractivity contribution in [3.05, 3.63) is 75.7 Å². The minimum atomic E-state index is -0.516. The van der Waals surface area contributed by atoms with E-state index in [0.717, 1.165) is 11.1 Å². The Morgan fingerprint density at radius 3 is 2.58 bits per heavy atom. The molecule has 0 unspecified atom stereocenters. The van der Waals surface area contributed by atoms with Crippen LogP contribution in [0, 0.1) is 5.82 Å². The van der Waals surface area contributed by atoms with Crippen LogP contribution in [0.15, 0.2) is 53.9 Å². The molecule has 3 aromatic rings. The summed E-state index contributed by atoms with van der Waals surface area (Å²) in [5.41, 5.74) is 1.94. The van der Waals surface area contributed by atoms with Gasteiger partial charge in [-0.2, -0.15) is 0 Å². The van der Waals surface area contributed by atoms with Crippen LogP contribution in [0.25, 0.3) is 0 Å². The van der Waals surface area contributed by atoms with E-state index in [-0.39, 0.29) is 18.1 Å². The van der Waals surface area contributed by atoms with Crippen molar-refractivity contribution in [2.24, 2.45) is 0 Å². The number of ether oxygens (including phenoxy) is 2. The van der Waals surface area contributed by atoms with Crippen LogP contribution < -0.4 is 20.1 Å². The second kappa shape index (κ2) is 9.91. The molecule has 0 spiro atoms. The molecule has 1 aliphatic rings. The molecule has 9 heteroatoms. The number of methoxy groups -OCH3 is 2. The van der Waals surface area contributed by atoms with Crippen molar-refractivity contribution in [2.45, 2.75) is 12.5 Å². The first kappa shape index (κ1) is 22.6. The molecule has 2 aromatic carbocycles. The molecule has 4 rings (SSSR count). The van der Waals surface area contributed by atoms with Gasteiger partial charge < -0.3 is 25.0 Å². The van der Waals surface area contributed by atoms with Gasteiger partial charge >= 0.3 is 6.03 Å². The van der Waals surface area contributed by atoms with Crippen LogP contribution in [0.1, 0.15) is 26.8 Å². The number of carbonyl (C=O) groups is 2. The van der Waals surface area contributed by atoms with Crippen molar-refractivity contribution in [1.82, 2.24) is 10.2 Å². The molecule has 0 saturated carbocycles. The Bertz CT molecular complexity index is 1150. The van der Waals surface area contributed by atoms with Gasteiger partial charge in [-0.25, -0.2) is 9.18 Å². The van der Waals surface area contributed by atoms with E-state index < -0.39 is 17.9 Å². The Morgan fingerprint density at radius 2 is 1.88 bits per heavy atom. The number of rotatable bonds is 6. The number of thiophene rings is 1. The quantitative estimate of drug-likeness (QED) is 0.559. The summed E-state index contributed by atoms with van der Waals surface area (Å²) in [6.45, 7) is 0.576. The molecule has 2 N–H and O–H groups in total. The first-order valence-corrected chi connectivity index (χ1v) is 11.3. The standard InChI is InChI=1S/C24H24FN3O4S/c1-31-20-12-15-9-10-28(24(30)27-18-7-4-3-6-17(18)25)19(16(15)13-21(20)32-2)14-26-23(29)22-8-5-11-33-22/h3-8,11-13,19H,9-10,14H2,1-2H3,(H,26,29)(H,27,30)/t19-/m0/s1. The zero-order chi connectivity index (χ0) is 23.4. The van der Waals surface area contributed by atoms with Crippen molar-refractivity contribution in [2.75, 3.05) is 32.6 Å². The molecule has 0 aliphatic carbocycles. The van der Waals surface area contributed by atoms with Crippen molar-refractivity contribution in [3.8, 4) is 11.5 Å². The highest BCUT2D eigenvalue weighted by Crippen LogP contribution is 2.38. The average molecular weight is 470 g/mol. The van der Waals surface area contributed by atoms with E-state index in [1.54, 1.807) is 43.4 Å². The number of amides is 3. The van der Waals surface area contributed by atoms with Gasteiger partial charge in [0.2, 0.25) is 0 Å². The number of anilines is 1. The van der Waals surface area contributed by atoms with Crippen LogP contribution >= 0.6 is 11.3 Å². The number of carbonyl (C=O) groups excluding carboxylic acids is 2. The SMILES string of the molecule is COc1cc2c(cc1OC)[C@H](CNC(=O)c1cccs1)N(C(=O)Nc1ccccc1F)CC2. The van der Waals surface area contributed by atoms with Gasteiger partial charge in [0, 0.05) is 13.1 Å². The fourth-order valence-electron chi connectivity index (χ4n) is 3.93. The van der Waals surface area contributed by atoms with E-state index in [1.165, 1.54) is 23.5 Å². The molecular formula is C24H24FN3O4S. The number of hydrogen-bond acceptors (Lipinski definition) is 5. The molecular weight excluding hydrogens is 445 g/mol. The highest BCUT2D eigenvalue weighted by atomic mass is 32.1. The van der Waals surface area contributed by atoms with Crippen LogP contribution in [0.2, 0.25) is 0 Å². The number of fused-ring (bicyclic) bond motifs is 1. The zero-order valence-corrected chi connectivity index (χ0v) is 19.1. The Labute approximate surface area is 195 Å². The maximum absolute atomic E-state index is 14.1. The number of para-hydroxylation sites is 1. The first-order chi connectivity index (χ1) is 16.0. The van der Waals surface area contributed by atoms with Crippen molar-refractivity contribution < 1.29 is 23.5 Å². The summed E-state index contributed by atoms with van der Waals surface area (Å²) in [6, 6.07) is 12.4. The average Bonchev–Trinajstić information content (AvgIpc) is 3.37. The van der Waals surface area contributed by atoms with Crippen LogP contribution in [-0.2, 0) is 6.42 Å². The van der Waals surface area contributed by atoms with Gasteiger partial charge in [0.15, 0.2) is 11.5 Å². The normalized spacial score (nSPS) is 14.9. The molecule has 1 atom stereocenters. The van der Waals surface area contributed by atoms with Gasteiger partial charge in [0.05, 0.1) is 30.8 Å². The van der Waals surface area contributed by atoms with Gasteiger partial charge in [0.25, 0.3) is 5.91 Å². The molecule has 0 bridgehead atoms. The van der Waals surface area contributed by atoms with Gasteiger partial charge in [-0.3, -0.25) is 4.79 Å². The monoisotopic (exact) mass is 469 g/mol. The van der Waals surface area contributed by atoms with Crippen LogP contribution in [0.3, 0.4) is 0 Å². The molecule has 3 amide bonds. The topological polar surface area (TPSA) is 79.9 Å². The number of nitrogens with zero attached hydrogens (tertiary/aromatic N) is 1. The second-order valence-electron chi connectivity index (χ2n) is 7.46. The lowest BCUT2D eigenvalue weighted by atomic mass is 9.91. The molecule has 7 nitrogen and oxygen atoms in total. The fraction of sp³-hybridized carbons (Fsp3) is 0.250. The molecule has 1 aliphatic heterocycles. The lowest BCUT2D eigenvalue weighted by Crippen LogP contribution is -2.46. The van der Waals surface area contributed by atoms with E-state index >= 15 is 0 Å².